The van der Waals surface area contributed by atoms with E-state index in [-0.39, 0.29) is 5.91 Å². The van der Waals surface area contributed by atoms with Gasteiger partial charge in [-0.2, -0.15) is 13.2 Å². The molecule has 0 unspecified atom stereocenters. The Labute approximate surface area is 159 Å². The van der Waals surface area contributed by atoms with Gasteiger partial charge >= 0.3 is 6.18 Å². The Morgan fingerprint density at radius 2 is 1.89 bits per heavy atom. The summed E-state index contributed by atoms with van der Waals surface area (Å²) in [6, 6.07) is 6.49. The van der Waals surface area contributed by atoms with Gasteiger partial charge in [0.15, 0.2) is 11.5 Å². The predicted octanol–water partition coefficient (Wildman–Crippen LogP) is 4.93. The highest BCUT2D eigenvalue weighted by Crippen LogP contribution is 2.35. The van der Waals surface area contributed by atoms with Crippen LogP contribution in [0.15, 0.2) is 42.7 Å². The molecule has 0 atom stereocenters. The molecule has 0 bridgehead atoms. The smallest absolute Gasteiger partial charge is 0.309 e. The molecule has 0 aliphatic heterocycles. The van der Waals surface area contributed by atoms with Gasteiger partial charge in [-0.15, -0.1) is 5.10 Å². The van der Waals surface area contributed by atoms with Crippen LogP contribution in [0.1, 0.15) is 37.7 Å². The molecule has 3 aromatic rings. The molecule has 1 fully saturated rings. The second kappa shape index (κ2) is 7.26. The molecule has 1 amide bonds. The molecule has 8 heteroatoms. The van der Waals surface area contributed by atoms with E-state index in [2.05, 4.69) is 15.4 Å². The van der Waals surface area contributed by atoms with E-state index in [1.165, 1.54) is 16.6 Å². The van der Waals surface area contributed by atoms with E-state index in [1.807, 2.05) is 0 Å². The molecule has 28 heavy (non-hydrogen) atoms. The van der Waals surface area contributed by atoms with Crippen LogP contribution < -0.4 is 5.32 Å². The van der Waals surface area contributed by atoms with E-state index >= 15 is 0 Å². The summed E-state index contributed by atoms with van der Waals surface area (Å²) in [5.74, 6) is 0.551. The lowest BCUT2D eigenvalue weighted by Gasteiger charge is -2.10. The van der Waals surface area contributed by atoms with Gasteiger partial charge < -0.3 is 5.32 Å². The number of rotatable bonds is 4. The van der Waals surface area contributed by atoms with Gasteiger partial charge in [-0.05, 0) is 42.5 Å². The number of hydrogen-bond donors (Lipinski definition) is 1. The van der Waals surface area contributed by atoms with Crippen LogP contribution in [-0.2, 0) is 11.0 Å². The van der Waals surface area contributed by atoms with E-state index in [1.54, 1.807) is 18.5 Å². The highest BCUT2D eigenvalue weighted by Gasteiger charge is 2.30. The molecule has 1 N–H and O–H groups in total. The minimum absolute atomic E-state index is 0.136. The van der Waals surface area contributed by atoms with Gasteiger partial charge in [-0.1, -0.05) is 25.0 Å². The zero-order chi connectivity index (χ0) is 19.7. The average Bonchev–Trinajstić information content (AvgIpc) is 3.28. The summed E-state index contributed by atoms with van der Waals surface area (Å²) in [5, 5.41) is 7.21. The Morgan fingerprint density at radius 3 is 2.57 bits per heavy atom. The van der Waals surface area contributed by atoms with Gasteiger partial charge in [0.1, 0.15) is 0 Å². The van der Waals surface area contributed by atoms with Gasteiger partial charge in [0, 0.05) is 18.8 Å². The highest BCUT2D eigenvalue weighted by molar-refractivity contribution is 5.97. The maximum absolute atomic E-state index is 12.9. The summed E-state index contributed by atoms with van der Waals surface area (Å²) < 4.78 is 40.1. The third kappa shape index (κ3) is 3.72. The fourth-order valence-corrected chi connectivity index (χ4v) is 3.73. The van der Waals surface area contributed by atoms with Gasteiger partial charge in [0.2, 0.25) is 5.91 Å². The first-order valence-corrected chi connectivity index (χ1v) is 9.22. The predicted molar refractivity (Wildman–Crippen MR) is 98.6 cm³/mol. The van der Waals surface area contributed by atoms with E-state index in [0.29, 0.717) is 34.9 Å². The van der Waals surface area contributed by atoms with Crippen molar-refractivity contribution in [2.24, 2.45) is 5.92 Å². The zero-order valence-electron chi connectivity index (χ0n) is 15.0. The molecule has 4 rings (SSSR count). The molecule has 0 spiro atoms. The number of hydrogen-bond acceptors (Lipinski definition) is 3. The van der Waals surface area contributed by atoms with Crippen LogP contribution in [-0.4, -0.2) is 20.5 Å². The van der Waals surface area contributed by atoms with Gasteiger partial charge in [-0.25, -0.2) is 9.50 Å². The lowest BCUT2D eigenvalue weighted by atomic mass is 10.0. The maximum Gasteiger partial charge on any atom is 0.416 e. The second-order valence-corrected chi connectivity index (χ2v) is 7.09. The lowest BCUT2D eigenvalue weighted by Crippen LogP contribution is -2.16. The number of halogens is 3. The first-order valence-electron chi connectivity index (χ1n) is 9.22. The molecule has 0 radical (unpaired) electrons. The third-order valence-corrected chi connectivity index (χ3v) is 5.10. The van der Waals surface area contributed by atoms with Crippen LogP contribution >= 0.6 is 0 Å². The van der Waals surface area contributed by atoms with E-state index in [9.17, 15) is 18.0 Å². The zero-order valence-corrected chi connectivity index (χ0v) is 15.0. The molecule has 1 aliphatic carbocycles. The van der Waals surface area contributed by atoms with Crippen molar-refractivity contribution in [1.82, 2.24) is 14.6 Å². The quantitative estimate of drug-likeness (QED) is 0.689. The number of benzene rings is 1. The Morgan fingerprint density at radius 1 is 1.18 bits per heavy atom. The summed E-state index contributed by atoms with van der Waals surface area (Å²) >= 11 is 0. The number of nitrogens with one attached hydrogen (secondary N) is 1. The van der Waals surface area contributed by atoms with Crippen molar-refractivity contribution in [3.05, 3.63) is 48.3 Å². The fourth-order valence-electron chi connectivity index (χ4n) is 3.73. The molecule has 1 aliphatic rings. The molecule has 2 aromatic heterocycles. The number of carbonyl (C=O) groups excluding carboxylic acids is 1. The largest absolute Gasteiger partial charge is 0.416 e. The van der Waals surface area contributed by atoms with Crippen molar-refractivity contribution >= 4 is 17.4 Å². The number of amides is 1. The molecule has 0 saturated heterocycles. The summed E-state index contributed by atoms with van der Waals surface area (Å²) in [7, 11) is 0. The number of nitrogens with zero attached hydrogens (tertiary/aromatic N) is 3. The monoisotopic (exact) mass is 388 g/mol. The molecule has 1 aromatic carbocycles. The van der Waals surface area contributed by atoms with Gasteiger partial charge in [0.25, 0.3) is 0 Å². The van der Waals surface area contributed by atoms with Crippen molar-refractivity contribution in [3.8, 4) is 11.1 Å². The number of fused-ring (bicyclic) bond motifs is 1. The minimum atomic E-state index is -4.41. The van der Waals surface area contributed by atoms with Crippen LogP contribution in [0.5, 0.6) is 0 Å². The number of anilines is 1. The topological polar surface area (TPSA) is 59.3 Å². The second-order valence-electron chi connectivity index (χ2n) is 7.09. The van der Waals surface area contributed by atoms with E-state index in [4.69, 9.17) is 0 Å². The summed E-state index contributed by atoms with van der Waals surface area (Å²) in [6.07, 6.45) is 3.67. The Bertz CT molecular complexity index is 989. The first-order chi connectivity index (χ1) is 13.4. The van der Waals surface area contributed by atoms with Gasteiger partial charge in [-0.3, -0.25) is 4.79 Å². The summed E-state index contributed by atoms with van der Waals surface area (Å²) in [6.45, 7) is 0. The molecule has 146 valence electrons. The number of carbonyl (C=O) groups is 1. The van der Waals surface area contributed by atoms with Crippen LogP contribution in [0.4, 0.5) is 19.0 Å². The lowest BCUT2D eigenvalue weighted by molar-refractivity contribution is -0.137. The van der Waals surface area contributed by atoms with E-state index < -0.39 is 11.7 Å². The number of aromatic nitrogens is 3. The summed E-state index contributed by atoms with van der Waals surface area (Å²) in [5.41, 5.74) is 0.762. The van der Waals surface area contributed by atoms with Crippen LogP contribution in [0.3, 0.4) is 0 Å². The number of alkyl halides is 3. The van der Waals surface area contributed by atoms with Crippen LogP contribution in [0, 0.1) is 5.92 Å². The van der Waals surface area contributed by atoms with Crippen molar-refractivity contribution in [3.63, 3.8) is 0 Å². The SMILES string of the molecule is O=C(CC1CCCC1)Nc1nn2cccnc2c1-c1ccc(C(F)(F)F)cc1. The molecular formula is C20H19F3N4O. The van der Waals surface area contributed by atoms with Crippen LogP contribution in [0.2, 0.25) is 0 Å². The first kappa shape index (κ1) is 18.5. The standard InChI is InChI=1S/C20H19F3N4O/c21-20(22,23)15-8-6-14(7-9-15)17-18(26-27-11-3-10-24-19(17)27)25-16(28)12-13-4-1-2-5-13/h3,6-11,13H,1-2,4-5,12H2,(H,25,26,28). The molecule has 2 heterocycles. The summed E-state index contributed by atoms with van der Waals surface area (Å²) in [4.78, 5) is 16.8. The Kier molecular flexibility index (Phi) is 4.78. The van der Waals surface area contributed by atoms with E-state index in [0.717, 1.165) is 37.8 Å². The minimum Gasteiger partial charge on any atom is -0.309 e. The molecular weight excluding hydrogens is 369 g/mol. The average molecular weight is 388 g/mol. The van der Waals surface area contributed by atoms with Crippen molar-refractivity contribution in [2.45, 2.75) is 38.3 Å². The van der Waals surface area contributed by atoms with Crippen LogP contribution in [0.25, 0.3) is 16.8 Å². The Hall–Kier alpha value is -2.90. The normalized spacial score (nSPS) is 15.2. The van der Waals surface area contributed by atoms with Crippen molar-refractivity contribution < 1.29 is 18.0 Å². The molecule has 1 saturated carbocycles. The maximum atomic E-state index is 12.9. The van der Waals surface area contributed by atoms with Gasteiger partial charge in [0.05, 0.1) is 11.1 Å². The Balaban J connectivity index is 1.68. The van der Waals surface area contributed by atoms with Crippen molar-refractivity contribution in [1.29, 1.82) is 0 Å². The fraction of sp³-hybridized carbons (Fsp3) is 0.350. The highest BCUT2D eigenvalue weighted by atomic mass is 19.4. The van der Waals surface area contributed by atoms with Crippen molar-refractivity contribution in [2.75, 3.05) is 5.32 Å². The third-order valence-electron chi connectivity index (χ3n) is 5.10. The molecule has 5 nitrogen and oxygen atoms in total.